The van der Waals surface area contributed by atoms with E-state index in [1.54, 1.807) is 5.57 Å². The molecule has 1 aliphatic heterocycles. The van der Waals surface area contributed by atoms with E-state index in [9.17, 15) is 0 Å². The molecule has 4 nitrogen and oxygen atoms in total. The third kappa shape index (κ3) is 10.2. The molecule has 50 heavy (non-hydrogen) atoms. The van der Waals surface area contributed by atoms with Crippen LogP contribution in [0.1, 0.15) is 153 Å². The van der Waals surface area contributed by atoms with Crippen molar-refractivity contribution in [3.8, 4) is 0 Å². The van der Waals surface area contributed by atoms with Crippen LogP contribution in [-0.4, -0.2) is 47.3 Å². The fraction of sp³-hybridized carbons (Fsp3) is 0.864. The van der Waals surface area contributed by atoms with Gasteiger partial charge < -0.3 is 18.3 Å². The lowest BCUT2D eigenvalue weighted by molar-refractivity contribution is -0.217. The molecule has 1 saturated heterocycles. The standard InChI is InChI=1S/C44H80O4Si2/c1-32(20-18-27-43(9,10)46-40-22-16-17-29-45-40)37-25-26-38-34(21-19-28-44(37,38)11)23-24-35-30-36(47-49(12,13)41(3,4)5)31-39(33(35)2)48-50(14,15)42(6,7)8/h23-24,32,36-40H,2,16-22,25-31H2,1,3-15H3. The van der Waals surface area contributed by atoms with Crippen LogP contribution in [0.25, 0.3) is 0 Å². The Bertz CT molecular complexity index is 1210. The maximum Gasteiger partial charge on any atom is 0.192 e. The van der Waals surface area contributed by atoms with Crippen LogP contribution < -0.4 is 0 Å². The molecule has 7 unspecified atom stereocenters. The summed E-state index contributed by atoms with van der Waals surface area (Å²) in [6.45, 7) is 38.9. The lowest BCUT2D eigenvalue weighted by Gasteiger charge is -2.46. The normalized spacial score (nSPS) is 32.8. The van der Waals surface area contributed by atoms with Crippen LogP contribution in [0, 0.1) is 23.2 Å². The van der Waals surface area contributed by atoms with Crippen molar-refractivity contribution < 1.29 is 18.3 Å². The summed E-state index contributed by atoms with van der Waals surface area (Å²) < 4.78 is 26.6. The highest BCUT2D eigenvalue weighted by Crippen LogP contribution is 2.60. The van der Waals surface area contributed by atoms with Gasteiger partial charge in [0, 0.05) is 13.0 Å². The van der Waals surface area contributed by atoms with Gasteiger partial charge in [0.1, 0.15) is 0 Å². The number of hydrogen-bond acceptors (Lipinski definition) is 4. The number of ether oxygens (including phenoxy) is 2. The maximum atomic E-state index is 7.12. The highest BCUT2D eigenvalue weighted by molar-refractivity contribution is 6.74. The molecule has 7 atom stereocenters. The highest BCUT2D eigenvalue weighted by Gasteiger charge is 2.51. The number of hydrogen-bond donors (Lipinski definition) is 0. The number of fused-ring (bicyclic) bond motifs is 1. The van der Waals surface area contributed by atoms with E-state index in [0.717, 1.165) is 44.1 Å². The molecule has 6 heteroatoms. The van der Waals surface area contributed by atoms with E-state index < -0.39 is 16.6 Å². The molecule has 0 aromatic carbocycles. The quantitative estimate of drug-likeness (QED) is 0.188. The lowest BCUT2D eigenvalue weighted by Crippen LogP contribution is -2.49. The largest absolute Gasteiger partial charge is 0.413 e. The van der Waals surface area contributed by atoms with Gasteiger partial charge >= 0.3 is 0 Å². The second-order valence-electron chi connectivity index (χ2n) is 20.9. The topological polar surface area (TPSA) is 36.9 Å². The zero-order valence-corrected chi connectivity index (χ0v) is 37.4. The van der Waals surface area contributed by atoms with Gasteiger partial charge in [0.05, 0.1) is 17.8 Å². The molecule has 0 bridgehead atoms. The first-order valence-electron chi connectivity index (χ1n) is 20.7. The smallest absolute Gasteiger partial charge is 0.192 e. The molecule has 0 aromatic rings. The molecule has 4 fully saturated rings. The predicted molar refractivity (Wildman–Crippen MR) is 219 cm³/mol. The predicted octanol–water partition coefficient (Wildman–Crippen LogP) is 13.3. The van der Waals surface area contributed by atoms with E-state index in [-0.39, 0.29) is 34.2 Å². The van der Waals surface area contributed by atoms with Gasteiger partial charge in [-0.2, -0.15) is 0 Å². The number of rotatable bonds is 12. The van der Waals surface area contributed by atoms with Gasteiger partial charge in [-0.15, -0.1) is 0 Å². The third-order valence-electron chi connectivity index (χ3n) is 14.5. The molecule has 0 N–H and O–H groups in total. The Kier molecular flexibility index (Phi) is 13.6. The van der Waals surface area contributed by atoms with Crippen LogP contribution in [0.4, 0.5) is 0 Å². The monoisotopic (exact) mass is 729 g/mol. The second-order valence-corrected chi connectivity index (χ2v) is 30.4. The summed E-state index contributed by atoms with van der Waals surface area (Å²) in [5.74, 6) is 2.23. The van der Waals surface area contributed by atoms with Gasteiger partial charge in [0.25, 0.3) is 0 Å². The molecule has 0 spiro atoms. The zero-order valence-electron chi connectivity index (χ0n) is 35.4. The van der Waals surface area contributed by atoms with Crippen LogP contribution in [-0.2, 0) is 18.3 Å². The summed E-state index contributed by atoms with van der Waals surface area (Å²) in [4.78, 5) is 0. The first kappa shape index (κ1) is 42.2. The van der Waals surface area contributed by atoms with Crippen molar-refractivity contribution in [3.63, 3.8) is 0 Å². The molecule has 3 aliphatic carbocycles. The molecule has 0 radical (unpaired) electrons. The first-order chi connectivity index (χ1) is 23.0. The van der Waals surface area contributed by atoms with E-state index in [1.165, 1.54) is 68.9 Å². The first-order valence-corrected chi connectivity index (χ1v) is 26.5. The molecule has 4 aliphatic rings. The lowest BCUT2D eigenvalue weighted by atomic mass is 9.60. The molecular formula is C44H80O4Si2. The van der Waals surface area contributed by atoms with Gasteiger partial charge in [-0.3, -0.25) is 0 Å². The van der Waals surface area contributed by atoms with Crippen LogP contribution in [0.3, 0.4) is 0 Å². The average Bonchev–Trinajstić information content (AvgIpc) is 3.34. The summed E-state index contributed by atoms with van der Waals surface area (Å²) >= 11 is 0. The summed E-state index contributed by atoms with van der Waals surface area (Å²) in [6, 6.07) is 0. The SMILES string of the molecule is C=C1C(=CC=C2CCCC3(C)C2CCC3C(C)CCCC(C)(C)OC2CCCCO2)CC(O[Si](C)(C)C(C)(C)C)CC1O[Si](C)(C)C(C)(C)C. The Hall–Kier alpha value is -0.506. The molecule has 0 aromatic heterocycles. The molecule has 4 rings (SSSR count). The van der Waals surface area contributed by atoms with Crippen molar-refractivity contribution in [2.45, 2.75) is 213 Å². The van der Waals surface area contributed by atoms with E-state index in [1.807, 2.05) is 0 Å². The van der Waals surface area contributed by atoms with E-state index >= 15 is 0 Å². The summed E-state index contributed by atoms with van der Waals surface area (Å²) in [7, 11) is -3.91. The van der Waals surface area contributed by atoms with Crippen LogP contribution in [0.2, 0.25) is 36.3 Å². The van der Waals surface area contributed by atoms with Gasteiger partial charge in [-0.25, -0.2) is 0 Å². The molecular weight excluding hydrogens is 649 g/mol. The molecule has 1 heterocycles. The number of allylic oxidation sites excluding steroid dienone is 3. The van der Waals surface area contributed by atoms with Gasteiger partial charge in [-0.1, -0.05) is 92.5 Å². The summed E-state index contributed by atoms with van der Waals surface area (Å²) in [6.07, 6.45) is 20.7. The van der Waals surface area contributed by atoms with E-state index in [4.69, 9.17) is 24.9 Å². The Morgan fingerprint density at radius 2 is 1.56 bits per heavy atom. The molecule has 3 saturated carbocycles. The maximum absolute atomic E-state index is 7.12. The minimum atomic E-state index is -1.98. The van der Waals surface area contributed by atoms with Crippen molar-refractivity contribution in [3.05, 3.63) is 35.5 Å². The minimum Gasteiger partial charge on any atom is -0.413 e. The fourth-order valence-corrected chi connectivity index (χ4v) is 11.9. The van der Waals surface area contributed by atoms with Crippen LogP contribution in [0.5, 0.6) is 0 Å². The van der Waals surface area contributed by atoms with Crippen LogP contribution in [0.15, 0.2) is 35.5 Å². The van der Waals surface area contributed by atoms with Crippen molar-refractivity contribution in [1.82, 2.24) is 0 Å². The zero-order chi connectivity index (χ0) is 37.3. The van der Waals surface area contributed by atoms with Gasteiger partial charge in [0.2, 0.25) is 0 Å². The van der Waals surface area contributed by atoms with Gasteiger partial charge in [-0.05, 0) is 149 Å². The Morgan fingerprint density at radius 1 is 0.900 bits per heavy atom. The van der Waals surface area contributed by atoms with Crippen LogP contribution >= 0.6 is 0 Å². The third-order valence-corrected chi connectivity index (χ3v) is 23.5. The Morgan fingerprint density at radius 3 is 2.18 bits per heavy atom. The van der Waals surface area contributed by atoms with E-state index in [0.29, 0.717) is 11.3 Å². The minimum absolute atomic E-state index is 0.00920. The molecule has 0 amide bonds. The van der Waals surface area contributed by atoms with E-state index in [2.05, 4.69) is 108 Å². The van der Waals surface area contributed by atoms with Crippen molar-refractivity contribution in [1.29, 1.82) is 0 Å². The van der Waals surface area contributed by atoms with Crippen molar-refractivity contribution >= 4 is 16.6 Å². The Balaban J connectivity index is 1.47. The van der Waals surface area contributed by atoms with Crippen molar-refractivity contribution in [2.75, 3.05) is 6.61 Å². The average molecular weight is 729 g/mol. The van der Waals surface area contributed by atoms with Gasteiger partial charge in [0.15, 0.2) is 22.9 Å². The Labute approximate surface area is 312 Å². The summed E-state index contributed by atoms with van der Waals surface area (Å²) in [5.41, 5.74) is 4.51. The molecule has 288 valence electrons. The highest BCUT2D eigenvalue weighted by atomic mass is 28.4. The van der Waals surface area contributed by atoms with Crippen molar-refractivity contribution in [2.24, 2.45) is 23.2 Å². The summed E-state index contributed by atoms with van der Waals surface area (Å²) in [5, 5.41) is 0.336. The fourth-order valence-electron chi connectivity index (χ4n) is 9.25. The second kappa shape index (κ2) is 16.1.